The van der Waals surface area contributed by atoms with Gasteiger partial charge in [-0.15, -0.1) is 0 Å². The van der Waals surface area contributed by atoms with E-state index in [4.69, 9.17) is 18.9 Å². The third-order valence-electron chi connectivity index (χ3n) is 5.39. The molecule has 154 valence electrons. The third kappa shape index (κ3) is 6.04. The van der Waals surface area contributed by atoms with Crippen molar-refractivity contribution < 1.29 is 28.5 Å². The Morgan fingerprint density at radius 3 is 2.30 bits per heavy atom. The van der Waals surface area contributed by atoms with E-state index in [0.29, 0.717) is 17.9 Å². The Morgan fingerprint density at radius 2 is 1.74 bits per heavy atom. The summed E-state index contributed by atoms with van der Waals surface area (Å²) in [6.45, 7) is 13.1. The molecular formula is C21H34O6. The van der Waals surface area contributed by atoms with Crippen molar-refractivity contribution in [3.8, 4) is 0 Å². The molecule has 0 N–H and O–H groups in total. The quantitative estimate of drug-likeness (QED) is 0.491. The molecular weight excluding hydrogens is 348 g/mol. The SMILES string of the molecule is C=C(C)C(=O)OCC1CC(CC(=O)OC2(C(C)C)CCCC2)OC(C)(C)O1. The molecule has 1 aliphatic carbocycles. The smallest absolute Gasteiger partial charge is 0.333 e. The highest BCUT2D eigenvalue weighted by Gasteiger charge is 2.42. The van der Waals surface area contributed by atoms with Crippen LogP contribution in [0.4, 0.5) is 0 Å². The zero-order valence-corrected chi connectivity index (χ0v) is 17.3. The summed E-state index contributed by atoms with van der Waals surface area (Å²) in [6.07, 6.45) is 4.03. The van der Waals surface area contributed by atoms with E-state index in [9.17, 15) is 9.59 Å². The lowest BCUT2D eigenvalue weighted by Gasteiger charge is -2.41. The van der Waals surface area contributed by atoms with Gasteiger partial charge in [-0.25, -0.2) is 4.79 Å². The van der Waals surface area contributed by atoms with E-state index in [1.807, 2.05) is 0 Å². The van der Waals surface area contributed by atoms with Crippen LogP contribution in [0.5, 0.6) is 0 Å². The van der Waals surface area contributed by atoms with Gasteiger partial charge in [-0.1, -0.05) is 20.4 Å². The predicted octanol–water partition coefficient (Wildman–Crippen LogP) is 3.92. The fourth-order valence-corrected chi connectivity index (χ4v) is 3.96. The number of hydrogen-bond acceptors (Lipinski definition) is 6. The molecule has 2 unspecified atom stereocenters. The van der Waals surface area contributed by atoms with Crippen LogP contribution in [0.2, 0.25) is 0 Å². The lowest BCUT2D eigenvalue weighted by Crippen LogP contribution is -2.47. The van der Waals surface area contributed by atoms with Gasteiger partial charge < -0.3 is 18.9 Å². The highest BCUT2D eigenvalue weighted by molar-refractivity contribution is 5.86. The molecule has 2 atom stereocenters. The van der Waals surface area contributed by atoms with Crippen LogP contribution in [0.1, 0.15) is 73.1 Å². The molecule has 0 spiro atoms. The summed E-state index contributed by atoms with van der Waals surface area (Å²) >= 11 is 0. The van der Waals surface area contributed by atoms with Gasteiger partial charge in [0, 0.05) is 12.0 Å². The summed E-state index contributed by atoms with van der Waals surface area (Å²) in [5.41, 5.74) is 0.00534. The average Bonchev–Trinajstić information content (AvgIpc) is 3.00. The molecule has 6 nitrogen and oxygen atoms in total. The molecule has 6 heteroatoms. The minimum absolute atomic E-state index is 0.111. The lowest BCUT2D eigenvalue weighted by molar-refractivity contribution is -0.304. The molecule has 0 aromatic rings. The maximum atomic E-state index is 12.6. The van der Waals surface area contributed by atoms with Crippen molar-refractivity contribution >= 4 is 11.9 Å². The van der Waals surface area contributed by atoms with Crippen LogP contribution in [-0.2, 0) is 28.5 Å². The lowest BCUT2D eigenvalue weighted by atomic mass is 9.88. The molecule has 1 heterocycles. The normalized spacial score (nSPS) is 26.6. The summed E-state index contributed by atoms with van der Waals surface area (Å²) in [4.78, 5) is 24.2. The van der Waals surface area contributed by atoms with Crippen molar-refractivity contribution in [3.05, 3.63) is 12.2 Å². The molecule has 2 aliphatic rings. The molecule has 1 saturated carbocycles. The summed E-state index contributed by atoms with van der Waals surface area (Å²) in [5.74, 6) is -1.23. The molecule has 2 fully saturated rings. The second-order valence-corrected chi connectivity index (χ2v) is 8.60. The van der Waals surface area contributed by atoms with Crippen LogP contribution in [0.15, 0.2) is 12.2 Å². The van der Waals surface area contributed by atoms with Gasteiger partial charge in [0.05, 0.1) is 18.6 Å². The molecule has 0 bridgehead atoms. The molecule has 0 aromatic heterocycles. The molecule has 2 rings (SSSR count). The van der Waals surface area contributed by atoms with E-state index in [1.54, 1.807) is 20.8 Å². The first-order chi connectivity index (χ1) is 12.5. The van der Waals surface area contributed by atoms with Crippen molar-refractivity contribution in [2.24, 2.45) is 5.92 Å². The first kappa shape index (κ1) is 21.9. The largest absolute Gasteiger partial charge is 0.460 e. The van der Waals surface area contributed by atoms with Crippen LogP contribution in [0, 0.1) is 5.92 Å². The first-order valence-electron chi connectivity index (χ1n) is 9.93. The van der Waals surface area contributed by atoms with Crippen molar-refractivity contribution in [3.63, 3.8) is 0 Å². The van der Waals surface area contributed by atoms with E-state index >= 15 is 0 Å². The van der Waals surface area contributed by atoms with Crippen LogP contribution in [0.25, 0.3) is 0 Å². The summed E-state index contributed by atoms with van der Waals surface area (Å²) in [5, 5.41) is 0. The van der Waals surface area contributed by atoms with Crippen molar-refractivity contribution in [2.75, 3.05) is 6.61 Å². The molecule has 1 aliphatic heterocycles. The van der Waals surface area contributed by atoms with Gasteiger partial charge in [0.25, 0.3) is 0 Å². The zero-order valence-electron chi connectivity index (χ0n) is 17.3. The van der Waals surface area contributed by atoms with Crippen molar-refractivity contribution in [2.45, 2.75) is 96.7 Å². The van der Waals surface area contributed by atoms with Gasteiger partial charge in [0.15, 0.2) is 5.79 Å². The number of hydrogen-bond donors (Lipinski definition) is 0. The Kier molecular flexibility index (Phi) is 7.09. The van der Waals surface area contributed by atoms with E-state index < -0.39 is 11.8 Å². The maximum Gasteiger partial charge on any atom is 0.333 e. The summed E-state index contributed by atoms with van der Waals surface area (Å²) in [7, 11) is 0. The molecule has 1 saturated heterocycles. The molecule has 0 aromatic carbocycles. The number of carbonyl (C=O) groups excluding carboxylic acids is 2. The Labute approximate surface area is 162 Å². The van der Waals surface area contributed by atoms with Gasteiger partial charge in [-0.2, -0.15) is 0 Å². The minimum Gasteiger partial charge on any atom is -0.460 e. The minimum atomic E-state index is -0.855. The predicted molar refractivity (Wildman–Crippen MR) is 101 cm³/mol. The van der Waals surface area contributed by atoms with Gasteiger partial charge in [0.2, 0.25) is 0 Å². The van der Waals surface area contributed by atoms with Crippen molar-refractivity contribution in [1.82, 2.24) is 0 Å². The number of rotatable bonds is 7. The third-order valence-corrected chi connectivity index (χ3v) is 5.39. The van der Waals surface area contributed by atoms with Crippen LogP contribution < -0.4 is 0 Å². The van der Waals surface area contributed by atoms with Crippen LogP contribution in [0.3, 0.4) is 0 Å². The Balaban J connectivity index is 1.93. The monoisotopic (exact) mass is 382 g/mol. The number of esters is 2. The van der Waals surface area contributed by atoms with Gasteiger partial charge in [-0.05, 0) is 52.4 Å². The Morgan fingerprint density at radius 1 is 1.15 bits per heavy atom. The maximum absolute atomic E-state index is 12.6. The fraction of sp³-hybridized carbons (Fsp3) is 0.810. The molecule has 27 heavy (non-hydrogen) atoms. The number of carbonyl (C=O) groups is 2. The van der Waals surface area contributed by atoms with E-state index in [-0.39, 0.29) is 36.8 Å². The Bertz CT molecular complexity index is 559. The van der Waals surface area contributed by atoms with Crippen LogP contribution >= 0.6 is 0 Å². The fourth-order valence-electron chi connectivity index (χ4n) is 3.96. The average molecular weight is 382 g/mol. The number of ether oxygens (including phenoxy) is 4. The van der Waals surface area contributed by atoms with Gasteiger partial charge in [0.1, 0.15) is 12.2 Å². The summed E-state index contributed by atoms with van der Waals surface area (Å²) in [6, 6.07) is 0. The molecule has 0 radical (unpaired) electrons. The highest BCUT2D eigenvalue weighted by Crippen LogP contribution is 2.40. The Hall–Kier alpha value is -1.40. The highest BCUT2D eigenvalue weighted by atomic mass is 16.7. The summed E-state index contributed by atoms with van der Waals surface area (Å²) < 4.78 is 22.9. The first-order valence-corrected chi connectivity index (χ1v) is 9.93. The van der Waals surface area contributed by atoms with Gasteiger partial charge >= 0.3 is 11.9 Å². The topological polar surface area (TPSA) is 71.1 Å². The van der Waals surface area contributed by atoms with E-state index in [1.165, 1.54) is 0 Å². The molecule has 0 amide bonds. The second-order valence-electron chi connectivity index (χ2n) is 8.60. The van der Waals surface area contributed by atoms with Gasteiger partial charge in [-0.3, -0.25) is 4.79 Å². The van der Waals surface area contributed by atoms with E-state index in [2.05, 4.69) is 20.4 Å². The standard InChI is InChI=1S/C21H34O6/c1-14(2)19(23)24-13-17-11-16(25-20(5,6)26-17)12-18(22)27-21(15(3)4)9-7-8-10-21/h15-17H,1,7-13H2,2-6H3. The van der Waals surface area contributed by atoms with Crippen LogP contribution in [-0.4, -0.2) is 42.1 Å². The van der Waals surface area contributed by atoms with Crippen molar-refractivity contribution in [1.29, 1.82) is 0 Å². The second kappa shape index (κ2) is 8.74. The van der Waals surface area contributed by atoms with E-state index in [0.717, 1.165) is 25.7 Å². The zero-order chi connectivity index (χ0) is 20.2.